The van der Waals surface area contributed by atoms with Gasteiger partial charge < -0.3 is 9.47 Å². The van der Waals surface area contributed by atoms with E-state index in [0.717, 1.165) is 30.1 Å². The van der Waals surface area contributed by atoms with Crippen LogP contribution in [-0.4, -0.2) is 17.0 Å². The SMILES string of the molecule is C=CCSc1c2c(cc3c1OC(C)(C)C3)OC(C)(C)C2. The van der Waals surface area contributed by atoms with Crippen molar-refractivity contribution in [3.63, 3.8) is 0 Å². The van der Waals surface area contributed by atoms with Gasteiger partial charge >= 0.3 is 0 Å². The van der Waals surface area contributed by atoms with Gasteiger partial charge in [0.2, 0.25) is 0 Å². The summed E-state index contributed by atoms with van der Waals surface area (Å²) in [5.74, 6) is 3.01. The van der Waals surface area contributed by atoms with Gasteiger partial charge in [0.05, 0.1) is 4.90 Å². The summed E-state index contributed by atoms with van der Waals surface area (Å²) in [6.07, 6.45) is 3.83. The fourth-order valence-electron chi connectivity index (χ4n) is 3.03. The summed E-state index contributed by atoms with van der Waals surface area (Å²) < 4.78 is 12.3. The second-order valence-corrected chi connectivity index (χ2v) is 7.88. The number of thioether (sulfide) groups is 1. The van der Waals surface area contributed by atoms with E-state index in [9.17, 15) is 0 Å². The van der Waals surface area contributed by atoms with E-state index in [2.05, 4.69) is 40.3 Å². The first-order valence-electron chi connectivity index (χ1n) is 7.12. The number of hydrogen-bond acceptors (Lipinski definition) is 3. The molecule has 0 aromatic heterocycles. The molecule has 2 nitrogen and oxygen atoms in total. The zero-order valence-electron chi connectivity index (χ0n) is 12.7. The van der Waals surface area contributed by atoms with Crippen LogP contribution in [-0.2, 0) is 12.8 Å². The molecule has 3 rings (SSSR count). The molecule has 0 unspecified atom stereocenters. The summed E-state index contributed by atoms with van der Waals surface area (Å²) in [6.45, 7) is 12.4. The molecule has 20 heavy (non-hydrogen) atoms. The molecule has 0 aliphatic carbocycles. The first-order chi connectivity index (χ1) is 9.31. The number of ether oxygens (including phenoxy) is 2. The summed E-state index contributed by atoms with van der Waals surface area (Å²) in [6, 6.07) is 2.19. The Hall–Kier alpha value is -1.09. The molecule has 0 saturated heterocycles. The first-order valence-corrected chi connectivity index (χ1v) is 8.10. The van der Waals surface area contributed by atoms with Crippen LogP contribution in [0.2, 0.25) is 0 Å². The van der Waals surface area contributed by atoms with Crippen molar-refractivity contribution in [2.24, 2.45) is 0 Å². The van der Waals surface area contributed by atoms with Gasteiger partial charge in [0.1, 0.15) is 22.7 Å². The highest BCUT2D eigenvalue weighted by atomic mass is 32.2. The lowest BCUT2D eigenvalue weighted by Crippen LogP contribution is -2.25. The molecule has 1 aromatic carbocycles. The zero-order valence-corrected chi connectivity index (χ0v) is 13.5. The fraction of sp³-hybridized carbons (Fsp3) is 0.529. The molecule has 0 saturated carbocycles. The van der Waals surface area contributed by atoms with Crippen molar-refractivity contribution >= 4 is 11.8 Å². The molecule has 0 spiro atoms. The summed E-state index contributed by atoms with van der Waals surface area (Å²) in [5.41, 5.74) is 2.35. The van der Waals surface area contributed by atoms with Crippen molar-refractivity contribution in [1.82, 2.24) is 0 Å². The van der Waals surface area contributed by atoms with Crippen molar-refractivity contribution in [3.05, 3.63) is 29.8 Å². The average molecular weight is 290 g/mol. The molecular weight excluding hydrogens is 268 g/mol. The smallest absolute Gasteiger partial charge is 0.137 e. The van der Waals surface area contributed by atoms with E-state index in [1.807, 2.05) is 17.8 Å². The Labute approximate surface area is 125 Å². The van der Waals surface area contributed by atoms with Gasteiger partial charge in [-0.1, -0.05) is 6.08 Å². The largest absolute Gasteiger partial charge is 0.487 e. The molecule has 0 N–H and O–H groups in total. The minimum Gasteiger partial charge on any atom is -0.487 e. The summed E-state index contributed by atoms with van der Waals surface area (Å²) in [5, 5.41) is 0. The maximum absolute atomic E-state index is 6.21. The van der Waals surface area contributed by atoms with E-state index in [4.69, 9.17) is 9.47 Å². The molecule has 3 heteroatoms. The Kier molecular flexibility index (Phi) is 3.09. The maximum atomic E-state index is 6.21. The van der Waals surface area contributed by atoms with Crippen molar-refractivity contribution in [2.45, 2.75) is 56.6 Å². The molecule has 1 aromatic rings. The highest BCUT2D eigenvalue weighted by Gasteiger charge is 2.39. The standard InChI is InChI=1S/C17H22O2S/c1-6-7-20-15-12-10-17(4,5)18-13(12)8-11-9-16(2,3)19-14(11)15/h6,8H,1,7,9-10H2,2-5H3. The van der Waals surface area contributed by atoms with Gasteiger partial charge in [-0.3, -0.25) is 0 Å². The van der Waals surface area contributed by atoms with E-state index >= 15 is 0 Å². The van der Waals surface area contributed by atoms with Crippen molar-refractivity contribution in [1.29, 1.82) is 0 Å². The van der Waals surface area contributed by atoms with Gasteiger partial charge in [-0.2, -0.15) is 0 Å². The molecule has 0 bridgehead atoms. The Bertz CT molecular complexity index is 531. The zero-order chi connectivity index (χ0) is 14.5. The van der Waals surface area contributed by atoms with Crippen LogP contribution in [0.15, 0.2) is 23.6 Å². The van der Waals surface area contributed by atoms with Gasteiger partial charge in [-0.25, -0.2) is 0 Å². The molecule has 0 atom stereocenters. The van der Waals surface area contributed by atoms with Gasteiger partial charge in [0.25, 0.3) is 0 Å². The lowest BCUT2D eigenvalue weighted by Gasteiger charge is -2.19. The van der Waals surface area contributed by atoms with E-state index in [0.29, 0.717) is 0 Å². The van der Waals surface area contributed by atoms with Crippen LogP contribution in [0.4, 0.5) is 0 Å². The van der Waals surface area contributed by atoms with Crippen molar-refractivity contribution in [3.8, 4) is 11.5 Å². The van der Waals surface area contributed by atoms with Gasteiger partial charge in [-0.15, -0.1) is 18.3 Å². The Morgan fingerprint density at radius 2 is 1.90 bits per heavy atom. The normalized spacial score (nSPS) is 20.8. The third-order valence-corrected chi connectivity index (χ3v) is 4.83. The lowest BCUT2D eigenvalue weighted by atomic mass is 9.98. The summed E-state index contributed by atoms with van der Waals surface area (Å²) >= 11 is 1.81. The molecule has 2 aliphatic heterocycles. The minimum absolute atomic E-state index is 0.115. The summed E-state index contributed by atoms with van der Waals surface area (Å²) in [7, 11) is 0. The van der Waals surface area contributed by atoms with Crippen LogP contribution in [0.5, 0.6) is 11.5 Å². The third-order valence-electron chi connectivity index (χ3n) is 3.70. The summed E-state index contributed by atoms with van der Waals surface area (Å²) in [4.78, 5) is 1.26. The Morgan fingerprint density at radius 3 is 2.60 bits per heavy atom. The Balaban J connectivity index is 2.09. The van der Waals surface area contributed by atoms with Crippen LogP contribution >= 0.6 is 11.8 Å². The molecule has 108 valence electrons. The van der Waals surface area contributed by atoms with Crippen LogP contribution < -0.4 is 9.47 Å². The second kappa shape index (κ2) is 4.45. The quantitative estimate of drug-likeness (QED) is 0.607. The van der Waals surface area contributed by atoms with Crippen molar-refractivity contribution in [2.75, 3.05) is 5.75 Å². The molecule has 2 heterocycles. The van der Waals surface area contributed by atoms with Gasteiger partial charge in [0, 0.05) is 29.7 Å². The fourth-order valence-corrected chi connectivity index (χ4v) is 3.97. The van der Waals surface area contributed by atoms with E-state index in [-0.39, 0.29) is 11.2 Å². The maximum Gasteiger partial charge on any atom is 0.137 e. The molecule has 0 fully saturated rings. The van der Waals surface area contributed by atoms with Gasteiger partial charge in [-0.05, 0) is 33.8 Å². The lowest BCUT2D eigenvalue weighted by molar-refractivity contribution is 0.134. The third kappa shape index (κ3) is 2.32. The monoisotopic (exact) mass is 290 g/mol. The van der Waals surface area contributed by atoms with Crippen LogP contribution in [0, 0.1) is 0 Å². The minimum atomic E-state index is -0.115. The number of benzene rings is 1. The molecule has 2 aliphatic rings. The first kappa shape index (κ1) is 13.9. The number of fused-ring (bicyclic) bond motifs is 2. The van der Waals surface area contributed by atoms with E-state index in [1.165, 1.54) is 16.0 Å². The average Bonchev–Trinajstić information content (AvgIpc) is 2.77. The van der Waals surface area contributed by atoms with Crippen LogP contribution in [0.1, 0.15) is 38.8 Å². The Morgan fingerprint density at radius 1 is 1.20 bits per heavy atom. The second-order valence-electron chi connectivity index (χ2n) is 6.85. The molecule has 0 radical (unpaired) electrons. The van der Waals surface area contributed by atoms with E-state index in [1.54, 1.807) is 0 Å². The molecule has 0 amide bonds. The predicted octanol–water partition coefficient (Wildman–Crippen LogP) is 4.39. The van der Waals surface area contributed by atoms with E-state index < -0.39 is 0 Å². The highest BCUT2D eigenvalue weighted by molar-refractivity contribution is 7.99. The molecular formula is C17H22O2S. The number of hydrogen-bond donors (Lipinski definition) is 0. The highest BCUT2D eigenvalue weighted by Crippen LogP contribution is 2.51. The predicted molar refractivity (Wildman–Crippen MR) is 84.2 cm³/mol. The number of rotatable bonds is 3. The van der Waals surface area contributed by atoms with Crippen molar-refractivity contribution < 1.29 is 9.47 Å². The topological polar surface area (TPSA) is 18.5 Å². The van der Waals surface area contributed by atoms with Crippen LogP contribution in [0.25, 0.3) is 0 Å². The van der Waals surface area contributed by atoms with Crippen LogP contribution in [0.3, 0.4) is 0 Å². The van der Waals surface area contributed by atoms with Gasteiger partial charge in [0.15, 0.2) is 0 Å².